The average molecular weight is 799 g/mol. The molecular weight excluding hydrogens is 751 g/mol. The van der Waals surface area contributed by atoms with Gasteiger partial charge in [-0.2, -0.15) is 0 Å². The fourth-order valence-corrected chi connectivity index (χ4v) is 7.11. The number of carbonyl (C=O) groups excluding carboxylic acids is 1. The zero-order valence-corrected chi connectivity index (χ0v) is 31.5. The Hall–Kier alpha value is -2.85. The van der Waals surface area contributed by atoms with Gasteiger partial charge in [0.05, 0.1) is 5.76 Å². The Bertz CT molecular complexity index is 1800. The molecule has 0 aliphatic heterocycles. The summed E-state index contributed by atoms with van der Waals surface area (Å²) < 4.78 is 1.26. The average Bonchev–Trinajstić information content (AvgIpc) is 3.29. The number of pyridine rings is 1. The van der Waals surface area contributed by atoms with Crippen molar-refractivity contribution in [1.82, 2.24) is 4.98 Å². The van der Waals surface area contributed by atoms with Crippen molar-refractivity contribution in [3.8, 4) is 11.3 Å². The summed E-state index contributed by atoms with van der Waals surface area (Å²) in [6.45, 7) is 19.3. The van der Waals surface area contributed by atoms with E-state index in [9.17, 15) is 9.90 Å². The Morgan fingerprint density at radius 2 is 1.51 bits per heavy atom. The molecule has 45 heavy (non-hydrogen) atoms. The molecule has 0 aliphatic carbocycles. The van der Waals surface area contributed by atoms with Crippen molar-refractivity contribution in [1.29, 1.82) is 0 Å². The van der Waals surface area contributed by atoms with Crippen molar-refractivity contribution in [3.63, 3.8) is 0 Å². The van der Waals surface area contributed by atoms with Crippen LogP contribution in [-0.2, 0) is 30.3 Å². The molecule has 1 N–H and O–H groups in total. The van der Waals surface area contributed by atoms with E-state index in [0.717, 1.165) is 42.3 Å². The van der Waals surface area contributed by atoms with Crippen LogP contribution in [0.2, 0.25) is 0 Å². The SMILES string of the molecule is CCC(CC)C(=O)/C=C(\O)C(CC)CC.Cc1sc2c(-c3[c-]c4cc5ccccc5cc4c(C(C)(C)C)c3)nccc2c1C.[Ir]. The first-order valence-electron chi connectivity index (χ1n) is 16.1. The van der Waals surface area contributed by atoms with Crippen molar-refractivity contribution in [3.05, 3.63) is 88.6 Å². The number of ketones is 1. The maximum atomic E-state index is 11.7. The summed E-state index contributed by atoms with van der Waals surface area (Å²) in [6.07, 6.45) is 6.84. The van der Waals surface area contributed by atoms with Crippen molar-refractivity contribution >= 4 is 48.8 Å². The molecule has 1 radical (unpaired) electrons. The number of fused-ring (bicyclic) bond motifs is 3. The quantitative estimate of drug-likeness (QED) is 0.0736. The van der Waals surface area contributed by atoms with Gasteiger partial charge in [0.15, 0.2) is 5.78 Å². The van der Waals surface area contributed by atoms with E-state index in [-0.39, 0.29) is 48.9 Å². The van der Waals surface area contributed by atoms with Gasteiger partial charge in [-0.05, 0) is 67.3 Å². The van der Waals surface area contributed by atoms with Gasteiger partial charge in [-0.3, -0.25) is 9.78 Å². The molecule has 2 aromatic heterocycles. The number of aryl methyl sites for hydroxylation is 2. The zero-order valence-electron chi connectivity index (χ0n) is 28.3. The molecule has 3 aromatic carbocycles. The number of allylic oxidation sites excluding steroid dienone is 2. The summed E-state index contributed by atoms with van der Waals surface area (Å²) >= 11 is 1.84. The van der Waals surface area contributed by atoms with Gasteiger partial charge in [-0.1, -0.05) is 95.1 Å². The van der Waals surface area contributed by atoms with Crippen LogP contribution in [0.25, 0.3) is 42.9 Å². The number of hydrogen-bond donors (Lipinski definition) is 1. The fourth-order valence-electron chi connectivity index (χ4n) is 5.96. The molecule has 0 saturated heterocycles. The Kier molecular flexibility index (Phi) is 12.7. The molecule has 3 nitrogen and oxygen atoms in total. The van der Waals surface area contributed by atoms with Crippen molar-refractivity contribution in [2.24, 2.45) is 11.8 Å². The van der Waals surface area contributed by atoms with Gasteiger partial charge in [0.25, 0.3) is 0 Å². The number of aliphatic hydroxyl groups is 1. The summed E-state index contributed by atoms with van der Waals surface area (Å²) in [5.74, 6) is 0.547. The van der Waals surface area contributed by atoms with Crippen molar-refractivity contribution in [2.75, 3.05) is 0 Å². The van der Waals surface area contributed by atoms with Crippen LogP contribution in [0.5, 0.6) is 0 Å². The van der Waals surface area contributed by atoms with E-state index in [0.29, 0.717) is 0 Å². The minimum atomic E-state index is 0. The van der Waals surface area contributed by atoms with Gasteiger partial charge in [0, 0.05) is 59.5 Å². The minimum absolute atomic E-state index is 0. The smallest absolute Gasteiger partial charge is 0.162 e. The predicted octanol–water partition coefficient (Wildman–Crippen LogP) is 11.9. The van der Waals surface area contributed by atoms with Crippen molar-refractivity contribution in [2.45, 2.75) is 93.4 Å². The molecule has 241 valence electrons. The summed E-state index contributed by atoms with van der Waals surface area (Å²) in [6, 6.07) is 21.3. The van der Waals surface area contributed by atoms with Crippen LogP contribution in [0.4, 0.5) is 0 Å². The van der Waals surface area contributed by atoms with Gasteiger partial charge in [-0.15, -0.1) is 40.5 Å². The Labute approximate surface area is 287 Å². The number of thiophene rings is 1. The number of nitrogens with zero attached hydrogens (tertiary/aromatic N) is 1. The molecule has 0 bridgehead atoms. The third-order valence-electron chi connectivity index (χ3n) is 8.97. The summed E-state index contributed by atoms with van der Waals surface area (Å²) in [4.78, 5) is 17.9. The monoisotopic (exact) mass is 799 g/mol. The molecule has 0 saturated carbocycles. The molecule has 2 heterocycles. The first kappa shape index (κ1) is 36.6. The van der Waals surface area contributed by atoms with Crippen LogP contribution in [0.15, 0.2) is 66.6 Å². The maximum Gasteiger partial charge on any atom is 0.162 e. The predicted molar refractivity (Wildman–Crippen MR) is 191 cm³/mol. The van der Waals surface area contributed by atoms with E-state index in [4.69, 9.17) is 4.98 Å². The minimum Gasteiger partial charge on any atom is -0.512 e. The number of benzene rings is 3. The second kappa shape index (κ2) is 15.6. The van der Waals surface area contributed by atoms with E-state index >= 15 is 0 Å². The third-order valence-corrected chi connectivity index (χ3v) is 10.2. The van der Waals surface area contributed by atoms with E-state index in [1.807, 2.05) is 45.2 Å². The first-order chi connectivity index (χ1) is 20.9. The first-order valence-corrected chi connectivity index (χ1v) is 16.9. The maximum absolute atomic E-state index is 11.7. The summed E-state index contributed by atoms with van der Waals surface area (Å²) in [7, 11) is 0. The number of carbonyl (C=O) groups is 1. The molecule has 0 spiro atoms. The van der Waals surface area contributed by atoms with Crippen LogP contribution >= 0.6 is 11.3 Å². The van der Waals surface area contributed by atoms with Crippen molar-refractivity contribution < 1.29 is 30.0 Å². The number of aromatic nitrogens is 1. The van der Waals surface area contributed by atoms with Gasteiger partial charge >= 0.3 is 0 Å². The third kappa shape index (κ3) is 8.12. The molecule has 5 rings (SSSR count). The van der Waals surface area contributed by atoms with E-state index in [2.05, 4.69) is 89.2 Å². The van der Waals surface area contributed by atoms with Crippen LogP contribution in [0.3, 0.4) is 0 Å². The fraction of sp³-hybridized carbons (Fsp3) is 0.400. The largest absolute Gasteiger partial charge is 0.512 e. The standard InChI is InChI=1S/C27H24NS.C13H24O2.Ir/c1-16-17(2)29-26-22(16)10-11-28-25(26)21-13-20-12-18-8-6-7-9-19(18)14-23(20)24(15-21)27(3,4)5;1-5-10(6-2)12(14)9-13(15)11(7-3)8-4;/h6-12,14-15H,1-5H3;9-11,14H,5-8H2,1-4H3;/q-1;;/b;12-9-;. The van der Waals surface area contributed by atoms with Gasteiger partial charge in [0.2, 0.25) is 0 Å². The molecule has 5 aromatic rings. The topological polar surface area (TPSA) is 50.2 Å². The zero-order chi connectivity index (χ0) is 32.2. The molecule has 0 atom stereocenters. The van der Waals surface area contributed by atoms with Crippen LogP contribution in [0, 0.1) is 31.7 Å². The van der Waals surface area contributed by atoms with Gasteiger partial charge in [-0.25, -0.2) is 0 Å². The molecule has 0 fully saturated rings. The van der Waals surface area contributed by atoms with Crippen LogP contribution in [-0.4, -0.2) is 15.9 Å². The Balaban J connectivity index is 0.000000297. The number of rotatable bonds is 8. The molecule has 0 aliphatic rings. The molecule has 0 unspecified atom stereocenters. The van der Waals surface area contributed by atoms with E-state index < -0.39 is 0 Å². The summed E-state index contributed by atoms with van der Waals surface area (Å²) in [5.41, 5.74) is 4.86. The molecular formula is C40H48IrNO2S-. The molecule has 5 heteroatoms. The van der Waals surface area contributed by atoms with Gasteiger partial charge in [0.1, 0.15) is 0 Å². The Morgan fingerprint density at radius 1 is 0.911 bits per heavy atom. The van der Waals surface area contributed by atoms with Gasteiger partial charge < -0.3 is 5.11 Å². The van der Waals surface area contributed by atoms with E-state index in [1.54, 1.807) is 0 Å². The normalized spacial score (nSPS) is 12.1. The number of hydrogen-bond acceptors (Lipinski definition) is 4. The van der Waals surface area contributed by atoms with Crippen LogP contribution in [0.1, 0.15) is 90.2 Å². The van der Waals surface area contributed by atoms with Crippen LogP contribution < -0.4 is 0 Å². The van der Waals surface area contributed by atoms with E-state index in [1.165, 1.54) is 48.3 Å². The second-order valence-corrected chi connectivity index (χ2v) is 14.1. The molecule has 0 amide bonds. The summed E-state index contributed by atoms with van der Waals surface area (Å²) in [5, 5.41) is 16.0. The number of aliphatic hydroxyl groups excluding tert-OH is 1. The second-order valence-electron chi connectivity index (χ2n) is 12.9. The Morgan fingerprint density at radius 3 is 2.09 bits per heavy atom.